The summed E-state index contributed by atoms with van der Waals surface area (Å²) < 4.78 is 4.25. The highest BCUT2D eigenvalue weighted by Crippen LogP contribution is 1.83. The van der Waals surface area contributed by atoms with Crippen molar-refractivity contribution in [3.63, 3.8) is 0 Å². The fraction of sp³-hybridized carbons (Fsp3) is 0.375. The molecule has 0 spiro atoms. The quantitative estimate of drug-likeness (QED) is 0.353. The standard InChI is InChI=1S/C6H10N2O.C2H6O/c1-5(7)2-3-6(8)4-9;1-3-2/h2-4H,7-8H2,1H3;1-2H3/b5-2-,6-3-;. The van der Waals surface area contributed by atoms with E-state index in [0.717, 1.165) is 0 Å². The van der Waals surface area contributed by atoms with Crippen molar-refractivity contribution in [1.29, 1.82) is 0 Å². The molecule has 0 aromatic heterocycles. The molecular formula is C8H16N2O2. The van der Waals surface area contributed by atoms with E-state index in [1.807, 2.05) is 0 Å². The lowest BCUT2D eigenvalue weighted by molar-refractivity contribution is -0.104. The van der Waals surface area contributed by atoms with Crippen molar-refractivity contribution in [2.45, 2.75) is 6.92 Å². The maximum atomic E-state index is 9.85. The molecule has 4 nitrogen and oxygen atoms in total. The number of nitrogens with two attached hydrogens (primary N) is 2. The van der Waals surface area contributed by atoms with Gasteiger partial charge in [0.05, 0.1) is 5.70 Å². The number of methoxy groups -OCH3 is 1. The Morgan fingerprint density at radius 3 is 1.92 bits per heavy atom. The summed E-state index contributed by atoms with van der Waals surface area (Å²) in [6.07, 6.45) is 3.60. The Hall–Kier alpha value is -1.29. The summed E-state index contributed by atoms with van der Waals surface area (Å²) in [7, 11) is 3.25. The van der Waals surface area contributed by atoms with E-state index in [1.54, 1.807) is 27.2 Å². The van der Waals surface area contributed by atoms with Crippen LogP contribution in [0.1, 0.15) is 6.92 Å². The summed E-state index contributed by atoms with van der Waals surface area (Å²) in [4.78, 5) is 9.85. The first-order valence-electron chi connectivity index (χ1n) is 3.33. The molecule has 12 heavy (non-hydrogen) atoms. The van der Waals surface area contributed by atoms with Crippen LogP contribution >= 0.6 is 0 Å². The van der Waals surface area contributed by atoms with Crippen LogP contribution in [0.4, 0.5) is 0 Å². The summed E-state index contributed by atoms with van der Waals surface area (Å²) in [6.45, 7) is 1.72. The minimum atomic E-state index is 0.180. The molecule has 0 aliphatic heterocycles. The van der Waals surface area contributed by atoms with Crippen molar-refractivity contribution in [2.75, 3.05) is 14.2 Å². The van der Waals surface area contributed by atoms with Crippen LogP contribution in [0.5, 0.6) is 0 Å². The third kappa shape index (κ3) is 15.9. The molecule has 0 amide bonds. The minimum Gasteiger partial charge on any atom is -0.402 e. The van der Waals surface area contributed by atoms with Crippen molar-refractivity contribution in [3.8, 4) is 0 Å². The minimum absolute atomic E-state index is 0.180. The normalized spacial score (nSPS) is 11.6. The summed E-state index contributed by atoms with van der Waals surface area (Å²) >= 11 is 0. The Labute approximate surface area is 72.9 Å². The van der Waals surface area contributed by atoms with E-state index in [-0.39, 0.29) is 5.70 Å². The molecule has 0 aromatic rings. The van der Waals surface area contributed by atoms with E-state index in [4.69, 9.17) is 11.5 Å². The number of rotatable bonds is 2. The summed E-state index contributed by atoms with van der Waals surface area (Å²) in [5.41, 5.74) is 11.2. The zero-order valence-corrected chi connectivity index (χ0v) is 7.70. The van der Waals surface area contributed by atoms with E-state index >= 15 is 0 Å². The fourth-order valence-corrected chi connectivity index (χ4v) is 0.267. The lowest BCUT2D eigenvalue weighted by Gasteiger charge is -1.84. The highest BCUT2D eigenvalue weighted by atomic mass is 16.4. The van der Waals surface area contributed by atoms with E-state index in [0.29, 0.717) is 12.0 Å². The van der Waals surface area contributed by atoms with Gasteiger partial charge in [0.15, 0.2) is 6.29 Å². The molecule has 0 unspecified atom stereocenters. The Balaban J connectivity index is 0. The number of hydrogen-bond acceptors (Lipinski definition) is 4. The van der Waals surface area contributed by atoms with Crippen molar-refractivity contribution >= 4 is 6.29 Å². The van der Waals surface area contributed by atoms with Gasteiger partial charge in [-0.3, -0.25) is 4.79 Å². The Kier molecular flexibility index (Phi) is 10.8. The predicted molar refractivity (Wildman–Crippen MR) is 49.2 cm³/mol. The topological polar surface area (TPSA) is 78.3 Å². The van der Waals surface area contributed by atoms with Crippen LogP contribution in [0.25, 0.3) is 0 Å². The average Bonchev–Trinajstić information content (AvgIpc) is 2.01. The molecule has 0 rings (SSSR count). The lowest BCUT2D eigenvalue weighted by Crippen LogP contribution is -1.97. The van der Waals surface area contributed by atoms with Gasteiger partial charge in [-0.25, -0.2) is 0 Å². The maximum absolute atomic E-state index is 9.85. The molecule has 70 valence electrons. The molecule has 4 N–H and O–H groups in total. The van der Waals surface area contributed by atoms with Crippen molar-refractivity contribution in [2.24, 2.45) is 11.5 Å². The van der Waals surface area contributed by atoms with Crippen LogP contribution < -0.4 is 11.5 Å². The summed E-state index contributed by atoms with van der Waals surface area (Å²) in [5, 5.41) is 0. The average molecular weight is 172 g/mol. The predicted octanol–water partition coefficient (Wildman–Crippen LogP) is 0.153. The molecule has 0 saturated carbocycles. The number of carbonyl (C=O) groups is 1. The molecule has 0 heterocycles. The molecule has 0 aliphatic carbocycles. The van der Waals surface area contributed by atoms with Gasteiger partial charge in [-0.2, -0.15) is 0 Å². The highest BCUT2D eigenvalue weighted by molar-refractivity contribution is 5.72. The summed E-state index contributed by atoms with van der Waals surface area (Å²) in [6, 6.07) is 0. The van der Waals surface area contributed by atoms with Crippen LogP contribution in [0.2, 0.25) is 0 Å². The molecular weight excluding hydrogens is 156 g/mol. The van der Waals surface area contributed by atoms with E-state index in [2.05, 4.69) is 4.74 Å². The third-order valence-electron chi connectivity index (χ3n) is 0.675. The first-order valence-corrected chi connectivity index (χ1v) is 3.33. The maximum Gasteiger partial charge on any atom is 0.165 e. The first-order chi connectivity index (χ1) is 5.58. The van der Waals surface area contributed by atoms with Crippen LogP contribution in [-0.4, -0.2) is 20.5 Å². The molecule has 0 saturated heterocycles. The van der Waals surface area contributed by atoms with Gasteiger partial charge in [-0.15, -0.1) is 0 Å². The van der Waals surface area contributed by atoms with Gasteiger partial charge >= 0.3 is 0 Å². The number of allylic oxidation sites excluding steroid dienone is 4. The fourth-order valence-electron chi connectivity index (χ4n) is 0.267. The van der Waals surface area contributed by atoms with Crippen molar-refractivity contribution in [3.05, 3.63) is 23.5 Å². The molecule has 0 atom stereocenters. The van der Waals surface area contributed by atoms with Crippen LogP contribution in [0, 0.1) is 0 Å². The zero-order chi connectivity index (χ0) is 9.98. The molecule has 0 radical (unpaired) electrons. The van der Waals surface area contributed by atoms with Gasteiger partial charge in [0.2, 0.25) is 0 Å². The second-order valence-electron chi connectivity index (χ2n) is 2.10. The number of carbonyl (C=O) groups excluding carboxylic acids is 1. The van der Waals surface area contributed by atoms with Gasteiger partial charge < -0.3 is 16.2 Å². The van der Waals surface area contributed by atoms with E-state index < -0.39 is 0 Å². The Morgan fingerprint density at radius 2 is 1.67 bits per heavy atom. The monoisotopic (exact) mass is 172 g/mol. The highest BCUT2D eigenvalue weighted by Gasteiger charge is 1.79. The zero-order valence-electron chi connectivity index (χ0n) is 7.70. The Bertz CT molecular complexity index is 170. The molecule has 0 aliphatic rings. The lowest BCUT2D eigenvalue weighted by atomic mass is 10.4. The largest absolute Gasteiger partial charge is 0.402 e. The van der Waals surface area contributed by atoms with Gasteiger partial charge in [0.1, 0.15) is 0 Å². The van der Waals surface area contributed by atoms with Gasteiger partial charge in [-0.1, -0.05) is 0 Å². The smallest absolute Gasteiger partial charge is 0.165 e. The SMILES string of the molecule is C/C(N)=C/C=C(\N)C=O.COC. The second-order valence-corrected chi connectivity index (χ2v) is 2.10. The number of aldehydes is 1. The van der Waals surface area contributed by atoms with Crippen molar-refractivity contribution < 1.29 is 9.53 Å². The first kappa shape index (κ1) is 13.3. The van der Waals surface area contributed by atoms with Gasteiger partial charge in [0, 0.05) is 19.9 Å². The van der Waals surface area contributed by atoms with Crippen LogP contribution in [0.15, 0.2) is 23.5 Å². The third-order valence-corrected chi connectivity index (χ3v) is 0.675. The van der Waals surface area contributed by atoms with Crippen LogP contribution in [0.3, 0.4) is 0 Å². The molecule has 0 aromatic carbocycles. The number of hydrogen-bond donors (Lipinski definition) is 2. The van der Waals surface area contributed by atoms with Gasteiger partial charge in [-0.05, 0) is 19.1 Å². The molecule has 0 fully saturated rings. The van der Waals surface area contributed by atoms with Crippen LogP contribution in [-0.2, 0) is 9.53 Å². The van der Waals surface area contributed by atoms with Gasteiger partial charge in [0.25, 0.3) is 0 Å². The van der Waals surface area contributed by atoms with E-state index in [9.17, 15) is 4.79 Å². The van der Waals surface area contributed by atoms with E-state index in [1.165, 1.54) is 6.08 Å². The second kappa shape index (κ2) is 9.71. The molecule has 4 heteroatoms. The summed E-state index contributed by atoms with van der Waals surface area (Å²) in [5.74, 6) is 0. The van der Waals surface area contributed by atoms with Crippen molar-refractivity contribution in [1.82, 2.24) is 0 Å². The Morgan fingerprint density at radius 1 is 1.25 bits per heavy atom. The number of ether oxygens (including phenoxy) is 1. The molecule has 0 bridgehead atoms.